The molecule has 0 radical (unpaired) electrons. The lowest BCUT2D eigenvalue weighted by Crippen LogP contribution is -2.35. The number of fused-ring (bicyclic) bond motifs is 1. The number of carbonyl (C=O) groups excluding carboxylic acids is 1. The van der Waals surface area contributed by atoms with Gasteiger partial charge < -0.3 is 15.4 Å². The summed E-state index contributed by atoms with van der Waals surface area (Å²) in [6.45, 7) is 4.12. The topological polar surface area (TPSA) is 63.2 Å². The number of hydrogen-bond donors (Lipinski definition) is 2. The zero-order valence-electron chi connectivity index (χ0n) is 12.1. The molecule has 1 aromatic carbocycles. The van der Waals surface area contributed by atoms with Crippen LogP contribution in [0.1, 0.15) is 23.8 Å². The van der Waals surface area contributed by atoms with Crippen LogP contribution in [0, 0.1) is 0 Å². The molecule has 2 N–H and O–H groups in total. The minimum Gasteiger partial charge on any atom is -0.385 e. The Kier molecular flexibility index (Phi) is 4.01. The van der Waals surface area contributed by atoms with Gasteiger partial charge in [-0.2, -0.15) is 0 Å². The maximum atomic E-state index is 12.3. The zero-order chi connectivity index (χ0) is 14.7. The maximum Gasteiger partial charge on any atom is 0.270 e. The molecule has 3 rings (SSSR count). The molecule has 0 bridgehead atoms. The van der Waals surface area contributed by atoms with Crippen molar-refractivity contribution < 1.29 is 9.53 Å². The number of hydrogen-bond acceptors (Lipinski definition) is 4. The van der Waals surface area contributed by atoms with Gasteiger partial charge in [-0.05, 0) is 25.5 Å². The second kappa shape index (κ2) is 6.10. The van der Waals surface area contributed by atoms with Gasteiger partial charge in [0.15, 0.2) is 0 Å². The number of benzene rings is 1. The van der Waals surface area contributed by atoms with Gasteiger partial charge in [-0.3, -0.25) is 4.79 Å². The van der Waals surface area contributed by atoms with Crippen molar-refractivity contribution in [3.8, 4) is 0 Å². The second-order valence-corrected chi connectivity index (χ2v) is 5.14. The zero-order valence-corrected chi connectivity index (χ0v) is 12.1. The molecular formula is C16H19N3O2. The molecule has 5 heteroatoms. The summed E-state index contributed by atoms with van der Waals surface area (Å²) in [5, 5.41) is 7.30. The Labute approximate surface area is 123 Å². The number of ether oxygens (including phenoxy) is 1. The third kappa shape index (κ3) is 2.97. The molecule has 1 atom stereocenters. The van der Waals surface area contributed by atoms with Gasteiger partial charge >= 0.3 is 0 Å². The van der Waals surface area contributed by atoms with E-state index in [0.29, 0.717) is 18.9 Å². The number of aromatic nitrogens is 1. The van der Waals surface area contributed by atoms with Crippen LogP contribution in [-0.2, 0) is 4.74 Å². The number of anilines is 1. The molecule has 1 aliphatic heterocycles. The van der Waals surface area contributed by atoms with Crippen LogP contribution in [0.3, 0.4) is 0 Å². The van der Waals surface area contributed by atoms with Crippen LogP contribution in [0.5, 0.6) is 0 Å². The van der Waals surface area contributed by atoms with Crippen molar-refractivity contribution in [2.75, 3.05) is 25.1 Å². The Morgan fingerprint density at radius 2 is 2.29 bits per heavy atom. The molecule has 1 unspecified atom stereocenters. The summed E-state index contributed by atoms with van der Waals surface area (Å²) < 4.78 is 5.28. The molecule has 1 fully saturated rings. The molecule has 21 heavy (non-hydrogen) atoms. The number of rotatable bonds is 4. The minimum absolute atomic E-state index is 0.0911. The number of pyridine rings is 1. The third-order valence-electron chi connectivity index (χ3n) is 3.58. The Morgan fingerprint density at radius 1 is 1.43 bits per heavy atom. The number of nitrogens with one attached hydrogen (secondary N) is 2. The summed E-state index contributed by atoms with van der Waals surface area (Å²) in [6.07, 6.45) is 0.861. The van der Waals surface area contributed by atoms with Gasteiger partial charge in [0.05, 0.1) is 18.2 Å². The SMILES string of the molecule is CCNc1cc(C(=O)NC2CCOC2)nc2ccccc12. The smallest absolute Gasteiger partial charge is 0.270 e. The van der Waals surface area contributed by atoms with E-state index in [4.69, 9.17) is 4.74 Å². The summed E-state index contributed by atoms with van der Waals surface area (Å²) in [7, 11) is 0. The normalized spacial score (nSPS) is 17.9. The number of carbonyl (C=O) groups is 1. The molecule has 1 saturated heterocycles. The predicted molar refractivity (Wildman–Crippen MR) is 82.6 cm³/mol. The lowest BCUT2D eigenvalue weighted by Gasteiger charge is -2.13. The van der Waals surface area contributed by atoms with Crippen LogP contribution in [0.15, 0.2) is 30.3 Å². The van der Waals surface area contributed by atoms with Crippen molar-refractivity contribution in [2.45, 2.75) is 19.4 Å². The fourth-order valence-electron chi connectivity index (χ4n) is 2.54. The van der Waals surface area contributed by atoms with Gasteiger partial charge in [0, 0.05) is 24.2 Å². The monoisotopic (exact) mass is 285 g/mol. The van der Waals surface area contributed by atoms with E-state index in [9.17, 15) is 4.79 Å². The number of amides is 1. The van der Waals surface area contributed by atoms with E-state index in [0.717, 1.165) is 29.6 Å². The quantitative estimate of drug-likeness (QED) is 0.904. The Morgan fingerprint density at radius 3 is 3.05 bits per heavy atom. The number of nitrogens with zero attached hydrogens (tertiary/aromatic N) is 1. The van der Waals surface area contributed by atoms with Gasteiger partial charge in [0.2, 0.25) is 0 Å². The highest BCUT2D eigenvalue weighted by atomic mass is 16.5. The van der Waals surface area contributed by atoms with Crippen LogP contribution in [-0.4, -0.2) is 36.7 Å². The van der Waals surface area contributed by atoms with Gasteiger partial charge in [0.25, 0.3) is 5.91 Å². The van der Waals surface area contributed by atoms with E-state index in [1.165, 1.54) is 0 Å². The first-order chi connectivity index (χ1) is 10.3. The molecule has 0 saturated carbocycles. The largest absolute Gasteiger partial charge is 0.385 e. The van der Waals surface area contributed by atoms with Crippen molar-refractivity contribution in [1.29, 1.82) is 0 Å². The summed E-state index contributed by atoms with van der Waals surface area (Å²) in [5.41, 5.74) is 2.20. The van der Waals surface area contributed by atoms with E-state index in [1.807, 2.05) is 37.3 Å². The van der Waals surface area contributed by atoms with Crippen LogP contribution in [0.4, 0.5) is 5.69 Å². The molecule has 1 amide bonds. The highest BCUT2D eigenvalue weighted by molar-refractivity contribution is 5.99. The molecule has 2 heterocycles. The average Bonchev–Trinajstić information content (AvgIpc) is 3.00. The van der Waals surface area contributed by atoms with E-state index < -0.39 is 0 Å². The minimum atomic E-state index is -0.143. The van der Waals surface area contributed by atoms with Crippen LogP contribution in [0.2, 0.25) is 0 Å². The van der Waals surface area contributed by atoms with E-state index in [-0.39, 0.29) is 11.9 Å². The van der Waals surface area contributed by atoms with Gasteiger partial charge in [-0.1, -0.05) is 18.2 Å². The van der Waals surface area contributed by atoms with Crippen molar-refractivity contribution in [3.05, 3.63) is 36.0 Å². The predicted octanol–water partition coefficient (Wildman–Crippen LogP) is 2.19. The third-order valence-corrected chi connectivity index (χ3v) is 3.58. The molecule has 0 spiro atoms. The molecule has 2 aromatic rings. The molecule has 110 valence electrons. The summed E-state index contributed by atoms with van der Waals surface area (Å²) >= 11 is 0. The lowest BCUT2D eigenvalue weighted by atomic mass is 10.1. The Balaban J connectivity index is 1.92. The average molecular weight is 285 g/mol. The van der Waals surface area contributed by atoms with Gasteiger partial charge in [0.1, 0.15) is 5.69 Å². The molecule has 0 aliphatic carbocycles. The fourth-order valence-corrected chi connectivity index (χ4v) is 2.54. The second-order valence-electron chi connectivity index (χ2n) is 5.14. The first-order valence-corrected chi connectivity index (χ1v) is 7.30. The Bertz CT molecular complexity index is 651. The van der Waals surface area contributed by atoms with E-state index in [1.54, 1.807) is 0 Å². The maximum absolute atomic E-state index is 12.3. The molecule has 1 aromatic heterocycles. The standard InChI is InChI=1S/C16H19N3O2/c1-2-17-14-9-15(16(20)18-11-7-8-21-10-11)19-13-6-4-3-5-12(13)14/h3-6,9,11H,2,7-8,10H2,1H3,(H,17,19)(H,18,20). The highest BCUT2D eigenvalue weighted by Gasteiger charge is 2.20. The summed E-state index contributed by atoms with van der Waals surface area (Å²) in [5.74, 6) is -0.143. The van der Waals surface area contributed by atoms with Crippen molar-refractivity contribution >= 4 is 22.5 Å². The van der Waals surface area contributed by atoms with E-state index in [2.05, 4.69) is 15.6 Å². The van der Waals surface area contributed by atoms with E-state index >= 15 is 0 Å². The molecule has 1 aliphatic rings. The van der Waals surface area contributed by atoms with Crippen LogP contribution >= 0.6 is 0 Å². The molecular weight excluding hydrogens is 266 g/mol. The Hall–Kier alpha value is -2.14. The lowest BCUT2D eigenvalue weighted by molar-refractivity contribution is 0.0925. The molecule has 5 nitrogen and oxygen atoms in total. The van der Waals surface area contributed by atoms with Gasteiger partial charge in [-0.25, -0.2) is 4.98 Å². The number of para-hydroxylation sites is 1. The van der Waals surface area contributed by atoms with Crippen molar-refractivity contribution in [1.82, 2.24) is 10.3 Å². The fraction of sp³-hybridized carbons (Fsp3) is 0.375. The highest BCUT2D eigenvalue weighted by Crippen LogP contribution is 2.23. The van der Waals surface area contributed by atoms with Crippen molar-refractivity contribution in [2.24, 2.45) is 0 Å². The first kappa shape index (κ1) is 13.8. The first-order valence-electron chi connectivity index (χ1n) is 7.30. The van der Waals surface area contributed by atoms with Gasteiger partial charge in [-0.15, -0.1) is 0 Å². The summed E-state index contributed by atoms with van der Waals surface area (Å²) in [4.78, 5) is 16.8. The van der Waals surface area contributed by atoms with Crippen LogP contribution in [0.25, 0.3) is 10.9 Å². The van der Waals surface area contributed by atoms with Crippen LogP contribution < -0.4 is 10.6 Å². The van der Waals surface area contributed by atoms with Crippen molar-refractivity contribution in [3.63, 3.8) is 0 Å². The summed E-state index contributed by atoms with van der Waals surface area (Å²) in [6, 6.07) is 9.74.